The molecule has 0 fully saturated rings. The summed E-state index contributed by atoms with van der Waals surface area (Å²) in [7, 11) is 0. The number of aliphatic carboxylic acids is 1. The van der Waals surface area contributed by atoms with E-state index in [2.05, 4.69) is 0 Å². The average molecular weight is 286 g/mol. The molecule has 0 radical (unpaired) electrons. The molecule has 0 spiro atoms. The van der Waals surface area contributed by atoms with Crippen molar-refractivity contribution in [1.82, 2.24) is 4.90 Å². The summed E-state index contributed by atoms with van der Waals surface area (Å²) < 4.78 is 26.8. The molecule has 7 heteroatoms. The second kappa shape index (κ2) is 6.95. The van der Waals surface area contributed by atoms with Gasteiger partial charge in [0.25, 0.3) is 0 Å². The van der Waals surface area contributed by atoms with Crippen LogP contribution in [0.1, 0.15) is 17.5 Å². The number of nitrogens with two attached hydrogens (primary N) is 1. The molecule has 0 heterocycles. The number of carbonyl (C=O) groups is 2. The molecule has 20 heavy (non-hydrogen) atoms. The summed E-state index contributed by atoms with van der Waals surface area (Å²) in [5.74, 6) is -3.21. The molecule has 1 aromatic carbocycles. The molecule has 1 amide bonds. The predicted octanol–water partition coefficient (Wildman–Crippen LogP) is 1.04. The largest absolute Gasteiger partial charge is 0.480 e. The number of carbonyl (C=O) groups excluding carboxylic acids is 1. The Balaban J connectivity index is 2.97. The molecule has 110 valence electrons. The number of nitrogens with zero attached hydrogens (tertiary/aromatic N) is 1. The highest BCUT2D eigenvalue weighted by Crippen LogP contribution is 2.16. The first-order valence-corrected chi connectivity index (χ1v) is 5.99. The van der Waals surface area contributed by atoms with Crippen molar-refractivity contribution in [3.05, 3.63) is 34.9 Å². The number of hydrogen-bond donors (Lipinski definition) is 2. The molecular weight excluding hydrogens is 270 g/mol. The molecule has 1 rings (SSSR count). The second-order valence-electron chi connectivity index (χ2n) is 4.38. The number of benzene rings is 1. The van der Waals surface area contributed by atoms with Crippen LogP contribution in [-0.4, -0.2) is 35.0 Å². The Kier molecular flexibility index (Phi) is 5.57. The number of hydrogen-bond acceptors (Lipinski definition) is 3. The fraction of sp³-hybridized carbons (Fsp3) is 0.385. The lowest BCUT2D eigenvalue weighted by atomic mass is 10.1. The van der Waals surface area contributed by atoms with Gasteiger partial charge in [-0.2, -0.15) is 0 Å². The summed E-state index contributed by atoms with van der Waals surface area (Å²) in [4.78, 5) is 23.4. The summed E-state index contributed by atoms with van der Waals surface area (Å²) >= 11 is 0. The maximum Gasteiger partial charge on any atom is 0.323 e. The Morgan fingerprint density at radius 2 is 1.95 bits per heavy atom. The average Bonchev–Trinajstić information content (AvgIpc) is 2.34. The van der Waals surface area contributed by atoms with E-state index in [1.165, 1.54) is 13.0 Å². The topological polar surface area (TPSA) is 83.6 Å². The van der Waals surface area contributed by atoms with Crippen LogP contribution in [0.2, 0.25) is 0 Å². The second-order valence-corrected chi connectivity index (χ2v) is 4.38. The first kappa shape index (κ1) is 16.0. The van der Waals surface area contributed by atoms with E-state index in [-0.39, 0.29) is 30.6 Å². The Hall–Kier alpha value is -2.02. The molecule has 1 aromatic rings. The third-order valence-electron chi connectivity index (χ3n) is 2.73. The van der Waals surface area contributed by atoms with E-state index in [9.17, 15) is 18.4 Å². The first-order chi connectivity index (χ1) is 9.35. The van der Waals surface area contributed by atoms with Gasteiger partial charge in [0, 0.05) is 31.1 Å². The highest BCUT2D eigenvalue weighted by atomic mass is 19.1. The van der Waals surface area contributed by atoms with Crippen molar-refractivity contribution >= 4 is 11.9 Å². The highest BCUT2D eigenvalue weighted by molar-refractivity contribution is 5.81. The first-order valence-electron chi connectivity index (χ1n) is 5.99. The van der Waals surface area contributed by atoms with Crippen molar-refractivity contribution < 1.29 is 23.5 Å². The van der Waals surface area contributed by atoms with E-state index in [0.717, 1.165) is 11.0 Å². The monoisotopic (exact) mass is 286 g/mol. The Morgan fingerprint density at radius 3 is 2.50 bits per heavy atom. The fourth-order valence-corrected chi connectivity index (χ4v) is 1.72. The van der Waals surface area contributed by atoms with E-state index in [0.29, 0.717) is 0 Å². The lowest BCUT2D eigenvalue weighted by Gasteiger charge is -2.21. The number of carboxylic acid groups (broad SMARTS) is 1. The minimum atomic E-state index is -1.21. The minimum Gasteiger partial charge on any atom is -0.480 e. The standard InChI is InChI=1S/C13H16F2N2O3/c1-8-4-9(11(15)5-10(8)14)6-17(7-13(19)20)12(18)2-3-16/h4-5H,2-3,6-7,16H2,1H3,(H,19,20). The molecule has 0 aliphatic rings. The molecule has 0 aliphatic heterocycles. The van der Waals surface area contributed by atoms with E-state index < -0.39 is 30.1 Å². The molecule has 3 N–H and O–H groups in total. The summed E-state index contributed by atoms with van der Waals surface area (Å²) in [6.45, 7) is 0.730. The van der Waals surface area contributed by atoms with Gasteiger partial charge in [0.1, 0.15) is 18.2 Å². The summed E-state index contributed by atoms with van der Waals surface area (Å²) in [6.07, 6.45) is -0.0327. The molecule has 0 saturated carbocycles. The van der Waals surface area contributed by atoms with Crippen molar-refractivity contribution in [3.8, 4) is 0 Å². The van der Waals surface area contributed by atoms with Crippen LogP contribution < -0.4 is 5.73 Å². The van der Waals surface area contributed by atoms with Crippen molar-refractivity contribution in [3.63, 3.8) is 0 Å². The molecule has 0 atom stereocenters. The van der Waals surface area contributed by atoms with Crippen molar-refractivity contribution in [2.75, 3.05) is 13.1 Å². The summed E-state index contributed by atoms with van der Waals surface area (Å²) in [6, 6.07) is 1.98. The van der Waals surface area contributed by atoms with Crippen LogP contribution in [0.15, 0.2) is 12.1 Å². The van der Waals surface area contributed by atoms with E-state index in [1.54, 1.807) is 0 Å². The molecule has 0 aromatic heterocycles. The summed E-state index contributed by atoms with van der Waals surface area (Å²) in [5.41, 5.74) is 5.54. The van der Waals surface area contributed by atoms with Gasteiger partial charge in [-0.1, -0.05) is 0 Å². The zero-order valence-electron chi connectivity index (χ0n) is 11.0. The number of amides is 1. The van der Waals surface area contributed by atoms with Gasteiger partial charge in [0.15, 0.2) is 0 Å². The number of halogens is 2. The zero-order chi connectivity index (χ0) is 15.3. The van der Waals surface area contributed by atoms with Crippen molar-refractivity contribution in [2.45, 2.75) is 19.9 Å². The van der Waals surface area contributed by atoms with Crippen LogP contribution in [0.25, 0.3) is 0 Å². The number of rotatable bonds is 6. The van der Waals surface area contributed by atoms with Gasteiger partial charge in [0.05, 0.1) is 0 Å². The maximum absolute atomic E-state index is 13.6. The maximum atomic E-state index is 13.6. The van der Waals surface area contributed by atoms with Crippen LogP contribution >= 0.6 is 0 Å². The molecule has 0 bridgehead atoms. The van der Waals surface area contributed by atoms with Gasteiger partial charge < -0.3 is 15.7 Å². The van der Waals surface area contributed by atoms with Crippen LogP contribution in [0.4, 0.5) is 8.78 Å². The van der Waals surface area contributed by atoms with Crippen LogP contribution in [0.5, 0.6) is 0 Å². The quantitative estimate of drug-likeness (QED) is 0.818. The van der Waals surface area contributed by atoms with Crippen LogP contribution in [0, 0.1) is 18.6 Å². The Morgan fingerprint density at radius 1 is 1.30 bits per heavy atom. The van der Waals surface area contributed by atoms with E-state index in [1.807, 2.05) is 0 Å². The number of carboxylic acids is 1. The van der Waals surface area contributed by atoms with Crippen LogP contribution in [-0.2, 0) is 16.1 Å². The Bertz CT molecular complexity index is 521. The van der Waals surface area contributed by atoms with Crippen LogP contribution in [0.3, 0.4) is 0 Å². The predicted molar refractivity (Wildman–Crippen MR) is 67.8 cm³/mol. The molecular formula is C13H16F2N2O3. The van der Waals surface area contributed by atoms with Gasteiger partial charge in [0.2, 0.25) is 5.91 Å². The van der Waals surface area contributed by atoms with Gasteiger partial charge in [-0.3, -0.25) is 9.59 Å². The molecule has 0 saturated heterocycles. The SMILES string of the molecule is Cc1cc(CN(CC(=O)O)C(=O)CCN)c(F)cc1F. The highest BCUT2D eigenvalue weighted by Gasteiger charge is 2.18. The summed E-state index contributed by atoms with van der Waals surface area (Å²) in [5, 5.41) is 8.77. The van der Waals surface area contributed by atoms with Crippen molar-refractivity contribution in [1.29, 1.82) is 0 Å². The third kappa shape index (κ3) is 4.27. The van der Waals surface area contributed by atoms with Gasteiger partial charge >= 0.3 is 5.97 Å². The van der Waals surface area contributed by atoms with E-state index >= 15 is 0 Å². The van der Waals surface area contributed by atoms with E-state index in [4.69, 9.17) is 10.8 Å². The molecule has 5 nitrogen and oxygen atoms in total. The Labute approximate surface area is 115 Å². The molecule has 0 unspecified atom stereocenters. The van der Waals surface area contributed by atoms with Gasteiger partial charge in [-0.15, -0.1) is 0 Å². The number of aryl methyl sites for hydroxylation is 1. The molecule has 0 aliphatic carbocycles. The lowest BCUT2D eigenvalue weighted by molar-refractivity contribution is -0.144. The third-order valence-corrected chi connectivity index (χ3v) is 2.73. The van der Waals surface area contributed by atoms with Gasteiger partial charge in [-0.05, 0) is 18.6 Å². The normalized spacial score (nSPS) is 10.4. The minimum absolute atomic E-state index is 0.0327. The smallest absolute Gasteiger partial charge is 0.323 e. The fourth-order valence-electron chi connectivity index (χ4n) is 1.72. The van der Waals surface area contributed by atoms with Gasteiger partial charge in [-0.25, -0.2) is 8.78 Å². The van der Waals surface area contributed by atoms with Crippen molar-refractivity contribution in [2.24, 2.45) is 5.73 Å². The zero-order valence-corrected chi connectivity index (χ0v) is 11.0. The lowest BCUT2D eigenvalue weighted by Crippen LogP contribution is -2.36.